The largest absolute Gasteiger partial charge is 0.350 e. The Hall–Kier alpha value is -1.35. The lowest BCUT2D eigenvalue weighted by atomic mass is 9.99. The fourth-order valence-electron chi connectivity index (χ4n) is 2.19. The molecule has 0 aliphatic carbocycles. The molecule has 1 rings (SSSR count). The van der Waals surface area contributed by atoms with Crippen molar-refractivity contribution in [2.24, 2.45) is 0 Å². The summed E-state index contributed by atoms with van der Waals surface area (Å²) < 4.78 is 0. The summed E-state index contributed by atoms with van der Waals surface area (Å²) in [6.07, 6.45) is 0. The summed E-state index contributed by atoms with van der Waals surface area (Å²) in [6.45, 7) is 14.3. The van der Waals surface area contributed by atoms with E-state index < -0.39 is 0 Å². The van der Waals surface area contributed by atoms with Crippen LogP contribution in [0.1, 0.15) is 71.6 Å². The first-order chi connectivity index (χ1) is 9.60. The van der Waals surface area contributed by atoms with Crippen LogP contribution in [0.15, 0.2) is 24.3 Å². The molecule has 2 N–H and O–H groups in total. The molecule has 118 valence electrons. The smallest absolute Gasteiger partial charge is 0.237 e. The van der Waals surface area contributed by atoms with E-state index in [9.17, 15) is 4.79 Å². The quantitative estimate of drug-likeness (QED) is 0.867. The van der Waals surface area contributed by atoms with Gasteiger partial charge in [-0.2, -0.15) is 0 Å². The number of hydrogen-bond acceptors (Lipinski definition) is 2. The maximum absolute atomic E-state index is 12.1. The molecule has 1 amide bonds. The van der Waals surface area contributed by atoms with Crippen molar-refractivity contribution in [3.63, 3.8) is 0 Å². The van der Waals surface area contributed by atoms with E-state index in [4.69, 9.17) is 0 Å². The van der Waals surface area contributed by atoms with E-state index >= 15 is 0 Å². The zero-order valence-electron chi connectivity index (χ0n) is 14.4. The highest BCUT2D eigenvalue weighted by Crippen LogP contribution is 2.19. The second-order valence-electron chi connectivity index (χ2n) is 7.17. The van der Waals surface area contributed by atoms with Crippen molar-refractivity contribution in [3.05, 3.63) is 35.4 Å². The molecule has 3 nitrogen and oxygen atoms in total. The molecule has 0 spiro atoms. The van der Waals surface area contributed by atoms with Gasteiger partial charge in [0, 0.05) is 11.6 Å². The maximum Gasteiger partial charge on any atom is 0.237 e. The predicted octanol–water partition coefficient (Wildman–Crippen LogP) is 3.76. The molecule has 0 aliphatic rings. The van der Waals surface area contributed by atoms with Crippen molar-refractivity contribution >= 4 is 5.91 Å². The highest BCUT2D eigenvalue weighted by molar-refractivity contribution is 5.81. The summed E-state index contributed by atoms with van der Waals surface area (Å²) in [5.74, 6) is 0.576. The first kappa shape index (κ1) is 17.7. The van der Waals surface area contributed by atoms with Crippen LogP contribution in [0.4, 0.5) is 0 Å². The minimum absolute atomic E-state index is 0.0353. The van der Waals surface area contributed by atoms with Crippen LogP contribution in [0.2, 0.25) is 0 Å². The van der Waals surface area contributed by atoms with Crippen molar-refractivity contribution in [2.45, 2.75) is 72.0 Å². The maximum atomic E-state index is 12.1. The average molecular weight is 290 g/mol. The Balaban J connectivity index is 2.63. The molecule has 0 aliphatic heterocycles. The van der Waals surface area contributed by atoms with Crippen LogP contribution in [0.3, 0.4) is 0 Å². The summed E-state index contributed by atoms with van der Waals surface area (Å²) in [6, 6.07) is 8.54. The number of carbonyl (C=O) groups is 1. The first-order valence-corrected chi connectivity index (χ1v) is 7.78. The molecule has 0 radical (unpaired) electrons. The fourth-order valence-corrected chi connectivity index (χ4v) is 2.19. The Morgan fingerprint density at radius 3 is 1.86 bits per heavy atom. The third-order valence-corrected chi connectivity index (χ3v) is 3.49. The van der Waals surface area contributed by atoms with Crippen molar-refractivity contribution in [1.82, 2.24) is 10.6 Å². The van der Waals surface area contributed by atoms with Gasteiger partial charge in [0.15, 0.2) is 0 Å². The molecule has 21 heavy (non-hydrogen) atoms. The highest BCUT2D eigenvalue weighted by atomic mass is 16.2. The Kier molecular flexibility index (Phi) is 5.97. The molecule has 0 heterocycles. The van der Waals surface area contributed by atoms with E-state index in [0.29, 0.717) is 5.92 Å². The molecule has 0 bridgehead atoms. The molecular weight excluding hydrogens is 260 g/mol. The summed E-state index contributed by atoms with van der Waals surface area (Å²) in [7, 11) is 0. The van der Waals surface area contributed by atoms with Gasteiger partial charge in [-0.25, -0.2) is 0 Å². The van der Waals surface area contributed by atoms with Gasteiger partial charge in [-0.15, -0.1) is 0 Å². The summed E-state index contributed by atoms with van der Waals surface area (Å²) in [5.41, 5.74) is 2.34. The third-order valence-electron chi connectivity index (χ3n) is 3.49. The molecular formula is C18H30N2O. The Labute approximate surface area is 129 Å². The van der Waals surface area contributed by atoms with Crippen LogP contribution >= 0.6 is 0 Å². The molecule has 2 unspecified atom stereocenters. The first-order valence-electron chi connectivity index (χ1n) is 7.78. The molecule has 0 aromatic heterocycles. The number of nitrogens with one attached hydrogen (secondary N) is 2. The molecule has 0 saturated heterocycles. The van der Waals surface area contributed by atoms with Crippen LogP contribution in [0.25, 0.3) is 0 Å². The average Bonchev–Trinajstić information content (AvgIpc) is 2.36. The second kappa shape index (κ2) is 7.08. The standard InChI is InChI=1S/C18H30N2O/c1-12(2)15-8-10-16(11-9-15)13(3)19-14(4)17(21)20-18(5,6)7/h8-14,19H,1-7H3,(H,20,21). The summed E-state index contributed by atoms with van der Waals surface area (Å²) in [5, 5.41) is 6.35. The topological polar surface area (TPSA) is 41.1 Å². The van der Waals surface area contributed by atoms with E-state index in [1.165, 1.54) is 11.1 Å². The zero-order valence-corrected chi connectivity index (χ0v) is 14.4. The lowest BCUT2D eigenvalue weighted by molar-refractivity contribution is -0.124. The summed E-state index contributed by atoms with van der Waals surface area (Å²) in [4.78, 5) is 12.1. The summed E-state index contributed by atoms with van der Waals surface area (Å²) >= 11 is 0. The van der Waals surface area contributed by atoms with Crippen LogP contribution in [0, 0.1) is 0 Å². The minimum atomic E-state index is -0.219. The van der Waals surface area contributed by atoms with Crippen LogP contribution in [-0.2, 0) is 4.79 Å². The van der Waals surface area contributed by atoms with E-state index in [-0.39, 0.29) is 23.5 Å². The molecule has 3 heteroatoms. The van der Waals surface area contributed by atoms with E-state index in [1.807, 2.05) is 27.7 Å². The van der Waals surface area contributed by atoms with Crippen LogP contribution in [-0.4, -0.2) is 17.5 Å². The minimum Gasteiger partial charge on any atom is -0.350 e. The molecule has 0 saturated carbocycles. The van der Waals surface area contributed by atoms with Gasteiger partial charge in [-0.3, -0.25) is 10.1 Å². The number of benzene rings is 1. The molecule has 1 aromatic carbocycles. The van der Waals surface area contributed by atoms with Gasteiger partial charge in [0.25, 0.3) is 0 Å². The van der Waals surface area contributed by atoms with Crippen molar-refractivity contribution in [3.8, 4) is 0 Å². The van der Waals surface area contributed by atoms with Gasteiger partial charge in [0.05, 0.1) is 6.04 Å². The number of carbonyl (C=O) groups excluding carboxylic acids is 1. The van der Waals surface area contributed by atoms with E-state index in [1.54, 1.807) is 0 Å². The van der Waals surface area contributed by atoms with Crippen molar-refractivity contribution < 1.29 is 4.79 Å². The molecule has 0 fully saturated rings. The predicted molar refractivity (Wildman–Crippen MR) is 89.4 cm³/mol. The normalized spacial score (nSPS) is 14.9. The second-order valence-corrected chi connectivity index (χ2v) is 7.17. The number of amides is 1. The van der Waals surface area contributed by atoms with Gasteiger partial charge in [0.1, 0.15) is 0 Å². The van der Waals surface area contributed by atoms with Crippen LogP contribution < -0.4 is 10.6 Å². The van der Waals surface area contributed by atoms with Gasteiger partial charge < -0.3 is 5.32 Å². The zero-order chi connectivity index (χ0) is 16.2. The highest BCUT2D eigenvalue weighted by Gasteiger charge is 2.20. The Morgan fingerprint density at radius 2 is 1.43 bits per heavy atom. The molecule has 2 atom stereocenters. The lowest BCUT2D eigenvalue weighted by Crippen LogP contribution is -2.49. The third kappa shape index (κ3) is 5.88. The van der Waals surface area contributed by atoms with Crippen molar-refractivity contribution in [2.75, 3.05) is 0 Å². The number of hydrogen-bond donors (Lipinski definition) is 2. The van der Waals surface area contributed by atoms with Gasteiger partial charge >= 0.3 is 0 Å². The Bertz CT molecular complexity index is 457. The monoisotopic (exact) mass is 290 g/mol. The number of rotatable bonds is 5. The Morgan fingerprint density at radius 1 is 0.952 bits per heavy atom. The van der Waals surface area contributed by atoms with Crippen molar-refractivity contribution in [1.29, 1.82) is 0 Å². The van der Waals surface area contributed by atoms with E-state index in [0.717, 1.165) is 0 Å². The fraction of sp³-hybridized carbons (Fsp3) is 0.611. The van der Waals surface area contributed by atoms with E-state index in [2.05, 4.69) is 55.7 Å². The molecule has 1 aromatic rings. The SMILES string of the molecule is CC(NC(C)c1ccc(C(C)C)cc1)C(=O)NC(C)(C)C. The van der Waals surface area contributed by atoms with Gasteiger partial charge in [0.2, 0.25) is 5.91 Å². The van der Waals surface area contributed by atoms with Gasteiger partial charge in [-0.05, 0) is 51.7 Å². The lowest BCUT2D eigenvalue weighted by Gasteiger charge is -2.25. The van der Waals surface area contributed by atoms with Crippen LogP contribution in [0.5, 0.6) is 0 Å². The van der Waals surface area contributed by atoms with Gasteiger partial charge in [-0.1, -0.05) is 38.1 Å².